The van der Waals surface area contributed by atoms with Crippen molar-refractivity contribution in [3.63, 3.8) is 0 Å². The van der Waals surface area contributed by atoms with E-state index in [-0.39, 0.29) is 5.56 Å². The smallest absolute Gasteiger partial charge is 0.273 e. The lowest BCUT2D eigenvalue weighted by atomic mass is 10.1. The number of likely N-dealkylation sites (tertiary alicyclic amines) is 1. The minimum absolute atomic E-state index is 0.103. The summed E-state index contributed by atoms with van der Waals surface area (Å²) in [6.07, 6.45) is 1.26. The second kappa shape index (κ2) is 5.02. The van der Waals surface area contributed by atoms with Crippen LogP contribution in [-0.4, -0.2) is 28.3 Å². The van der Waals surface area contributed by atoms with E-state index in [0.717, 1.165) is 18.2 Å². The number of non-ortho nitro benzene ring substituents is 1. The summed E-state index contributed by atoms with van der Waals surface area (Å²) in [6, 6.07) is 4.17. The number of nitriles is 1. The molecule has 1 aromatic rings. The van der Waals surface area contributed by atoms with Gasteiger partial charge in [0.05, 0.1) is 17.1 Å². The van der Waals surface area contributed by atoms with E-state index >= 15 is 0 Å². The third-order valence-electron chi connectivity index (χ3n) is 3.00. The molecule has 0 spiro atoms. The Morgan fingerprint density at radius 3 is 2.89 bits per heavy atom. The van der Waals surface area contributed by atoms with Crippen LogP contribution in [0.25, 0.3) is 0 Å². The number of nitro benzene ring substituents is 1. The van der Waals surface area contributed by atoms with Gasteiger partial charge in [0.15, 0.2) is 0 Å². The Morgan fingerprint density at radius 2 is 2.26 bits per heavy atom. The Morgan fingerprint density at radius 1 is 1.53 bits per heavy atom. The highest BCUT2D eigenvalue weighted by atomic mass is 19.1. The first kappa shape index (κ1) is 13.0. The Balaban J connectivity index is 2.34. The van der Waals surface area contributed by atoms with Gasteiger partial charge in [-0.2, -0.15) is 5.26 Å². The standard InChI is InChI=1S/C12H10FN3O3/c13-9-4-8(5-11(6-9)16(18)19)12(17)15-3-1-2-10(15)7-14/h4-6,10H,1-3H2. The first-order valence-corrected chi connectivity index (χ1v) is 5.68. The van der Waals surface area contributed by atoms with Gasteiger partial charge >= 0.3 is 0 Å². The van der Waals surface area contributed by atoms with Crippen molar-refractivity contribution < 1.29 is 14.1 Å². The Hall–Kier alpha value is -2.49. The zero-order valence-electron chi connectivity index (χ0n) is 9.88. The van der Waals surface area contributed by atoms with Gasteiger partial charge < -0.3 is 4.90 Å². The molecule has 1 fully saturated rings. The second-order valence-corrected chi connectivity index (χ2v) is 4.24. The summed E-state index contributed by atoms with van der Waals surface area (Å²) in [5, 5.41) is 19.5. The van der Waals surface area contributed by atoms with E-state index in [0.29, 0.717) is 19.4 Å². The van der Waals surface area contributed by atoms with Gasteiger partial charge in [-0.1, -0.05) is 0 Å². The molecule has 1 amide bonds. The van der Waals surface area contributed by atoms with E-state index in [2.05, 4.69) is 0 Å². The van der Waals surface area contributed by atoms with E-state index in [4.69, 9.17) is 5.26 Å². The molecular weight excluding hydrogens is 253 g/mol. The Bertz CT molecular complexity index is 582. The molecule has 1 unspecified atom stereocenters. The molecule has 0 aliphatic carbocycles. The molecule has 0 saturated carbocycles. The molecule has 98 valence electrons. The lowest BCUT2D eigenvalue weighted by molar-refractivity contribution is -0.385. The molecule has 0 N–H and O–H groups in total. The molecule has 1 atom stereocenters. The molecule has 0 bridgehead atoms. The third-order valence-corrected chi connectivity index (χ3v) is 3.00. The van der Waals surface area contributed by atoms with Gasteiger partial charge in [0.1, 0.15) is 11.9 Å². The summed E-state index contributed by atoms with van der Waals surface area (Å²) in [4.78, 5) is 23.3. The first-order valence-electron chi connectivity index (χ1n) is 5.68. The maximum Gasteiger partial charge on any atom is 0.273 e. The summed E-state index contributed by atoms with van der Waals surface area (Å²) in [7, 11) is 0. The van der Waals surface area contributed by atoms with Crippen LogP contribution >= 0.6 is 0 Å². The van der Waals surface area contributed by atoms with Gasteiger partial charge in [-0.15, -0.1) is 0 Å². The molecule has 0 aromatic heterocycles. The van der Waals surface area contributed by atoms with Gasteiger partial charge in [-0.3, -0.25) is 14.9 Å². The normalized spacial score (nSPS) is 18.1. The number of carbonyl (C=O) groups excluding carboxylic acids is 1. The van der Waals surface area contributed by atoms with Crippen LogP contribution in [0.15, 0.2) is 18.2 Å². The minimum Gasteiger partial charge on any atom is -0.323 e. The largest absolute Gasteiger partial charge is 0.323 e. The van der Waals surface area contributed by atoms with E-state index in [1.165, 1.54) is 4.90 Å². The molecule has 6 nitrogen and oxygen atoms in total. The van der Waals surface area contributed by atoms with Crippen molar-refractivity contribution in [2.45, 2.75) is 18.9 Å². The fraction of sp³-hybridized carbons (Fsp3) is 0.333. The quantitative estimate of drug-likeness (QED) is 0.601. The minimum atomic E-state index is -0.842. The number of amides is 1. The zero-order valence-corrected chi connectivity index (χ0v) is 9.88. The average Bonchev–Trinajstić information content (AvgIpc) is 2.85. The van der Waals surface area contributed by atoms with E-state index in [1.54, 1.807) is 0 Å². The van der Waals surface area contributed by atoms with Gasteiger partial charge in [0.25, 0.3) is 11.6 Å². The predicted molar refractivity (Wildman–Crippen MR) is 62.7 cm³/mol. The molecule has 2 rings (SSSR count). The van der Waals surface area contributed by atoms with E-state index in [9.17, 15) is 19.3 Å². The molecule has 19 heavy (non-hydrogen) atoms. The zero-order chi connectivity index (χ0) is 14.0. The summed E-state index contributed by atoms with van der Waals surface area (Å²) < 4.78 is 13.3. The highest BCUT2D eigenvalue weighted by Gasteiger charge is 2.30. The summed E-state index contributed by atoms with van der Waals surface area (Å²) in [6.45, 7) is 0.404. The maximum atomic E-state index is 13.3. The number of nitro groups is 1. The van der Waals surface area contributed by atoms with Crippen molar-refractivity contribution in [2.75, 3.05) is 6.54 Å². The lowest BCUT2D eigenvalue weighted by Gasteiger charge is -2.19. The molecule has 1 aliphatic rings. The predicted octanol–water partition coefficient (Wildman–Crippen LogP) is 1.86. The molecule has 1 aliphatic heterocycles. The summed E-state index contributed by atoms with van der Waals surface area (Å²) in [5.74, 6) is -1.39. The number of nitrogens with zero attached hydrogens (tertiary/aromatic N) is 3. The lowest BCUT2D eigenvalue weighted by Crippen LogP contribution is -2.34. The third kappa shape index (κ3) is 2.52. The highest BCUT2D eigenvalue weighted by molar-refractivity contribution is 5.95. The van der Waals surface area contributed by atoms with Crippen molar-refractivity contribution >= 4 is 11.6 Å². The van der Waals surface area contributed by atoms with Crippen molar-refractivity contribution in [1.29, 1.82) is 5.26 Å². The van der Waals surface area contributed by atoms with Crippen LogP contribution in [0.3, 0.4) is 0 Å². The molecular formula is C12H10FN3O3. The number of benzene rings is 1. The first-order chi connectivity index (χ1) is 9.02. The molecule has 1 aromatic carbocycles. The maximum absolute atomic E-state index is 13.3. The number of hydrogen-bond acceptors (Lipinski definition) is 4. The van der Waals surface area contributed by atoms with Crippen molar-refractivity contribution in [3.8, 4) is 6.07 Å². The van der Waals surface area contributed by atoms with E-state index in [1.807, 2.05) is 6.07 Å². The van der Waals surface area contributed by atoms with E-state index < -0.39 is 28.4 Å². The number of hydrogen-bond donors (Lipinski definition) is 0. The number of rotatable bonds is 2. The van der Waals surface area contributed by atoms with Crippen LogP contribution in [0.4, 0.5) is 10.1 Å². The Labute approximate surface area is 108 Å². The van der Waals surface area contributed by atoms with Crippen LogP contribution < -0.4 is 0 Å². The van der Waals surface area contributed by atoms with Crippen LogP contribution in [0.1, 0.15) is 23.2 Å². The van der Waals surface area contributed by atoms with Crippen LogP contribution in [0.5, 0.6) is 0 Å². The molecule has 7 heteroatoms. The molecule has 0 radical (unpaired) electrons. The van der Waals surface area contributed by atoms with Crippen LogP contribution in [0, 0.1) is 27.3 Å². The van der Waals surface area contributed by atoms with Crippen LogP contribution in [-0.2, 0) is 0 Å². The average molecular weight is 263 g/mol. The summed E-state index contributed by atoms with van der Waals surface area (Å²) in [5.41, 5.74) is -0.579. The van der Waals surface area contributed by atoms with Crippen LogP contribution in [0.2, 0.25) is 0 Å². The van der Waals surface area contributed by atoms with Crippen molar-refractivity contribution in [3.05, 3.63) is 39.7 Å². The summed E-state index contributed by atoms with van der Waals surface area (Å²) >= 11 is 0. The molecule has 1 saturated heterocycles. The topological polar surface area (TPSA) is 87.2 Å². The van der Waals surface area contributed by atoms with Gasteiger partial charge in [0, 0.05) is 18.2 Å². The number of halogens is 1. The monoisotopic (exact) mass is 263 g/mol. The SMILES string of the molecule is N#CC1CCCN1C(=O)c1cc(F)cc([N+](=O)[O-])c1. The second-order valence-electron chi connectivity index (χ2n) is 4.24. The number of carbonyl (C=O) groups is 1. The van der Waals surface area contributed by atoms with Gasteiger partial charge in [-0.05, 0) is 18.9 Å². The molecule has 1 heterocycles. The fourth-order valence-corrected chi connectivity index (χ4v) is 2.11. The van der Waals surface area contributed by atoms with Gasteiger partial charge in [-0.25, -0.2) is 4.39 Å². The van der Waals surface area contributed by atoms with Crippen molar-refractivity contribution in [1.82, 2.24) is 4.90 Å². The van der Waals surface area contributed by atoms with Gasteiger partial charge in [0.2, 0.25) is 0 Å². The highest BCUT2D eigenvalue weighted by Crippen LogP contribution is 2.22. The fourth-order valence-electron chi connectivity index (χ4n) is 2.11. The van der Waals surface area contributed by atoms with Crippen molar-refractivity contribution in [2.24, 2.45) is 0 Å². The Kier molecular flexibility index (Phi) is 3.42.